The van der Waals surface area contributed by atoms with Crippen molar-refractivity contribution in [3.63, 3.8) is 0 Å². The molecule has 0 aliphatic heterocycles. The summed E-state index contributed by atoms with van der Waals surface area (Å²) in [5, 5.41) is 9.16. The van der Waals surface area contributed by atoms with E-state index in [-0.39, 0.29) is 12.1 Å². The summed E-state index contributed by atoms with van der Waals surface area (Å²) in [5.74, 6) is 0. The maximum atomic E-state index is 11.4. The van der Waals surface area contributed by atoms with Gasteiger partial charge in [0.1, 0.15) is 0 Å². The summed E-state index contributed by atoms with van der Waals surface area (Å²) in [4.78, 5) is 11.4. The molecule has 1 atom stereocenters. The fourth-order valence-corrected chi connectivity index (χ4v) is 2.98. The molecule has 1 aromatic heterocycles. The van der Waals surface area contributed by atoms with E-state index in [4.69, 9.17) is 0 Å². The van der Waals surface area contributed by atoms with Crippen LogP contribution in [0.5, 0.6) is 0 Å². The number of benzene rings is 1. The molecule has 4 heteroatoms. The van der Waals surface area contributed by atoms with Gasteiger partial charge in [0.05, 0.1) is 0 Å². The molecule has 18 heavy (non-hydrogen) atoms. The normalized spacial score (nSPS) is 12.3. The number of hydrogen-bond acceptors (Lipinski definition) is 2. The number of hydrogen-bond donors (Lipinski definition) is 2. The first kappa shape index (κ1) is 12.9. The number of nitrogens with one attached hydrogen (secondary N) is 2. The van der Waals surface area contributed by atoms with E-state index in [9.17, 15) is 4.79 Å². The van der Waals surface area contributed by atoms with Crippen LogP contribution in [0.4, 0.5) is 4.79 Å². The average Bonchev–Trinajstić information content (AvgIpc) is 2.73. The minimum Gasteiger partial charge on any atom is -0.338 e. The van der Waals surface area contributed by atoms with Gasteiger partial charge in [-0.15, -0.1) is 11.3 Å². The maximum Gasteiger partial charge on any atom is 0.314 e. The summed E-state index contributed by atoms with van der Waals surface area (Å²) < 4.78 is 1.30. The summed E-state index contributed by atoms with van der Waals surface area (Å²) in [6, 6.07) is 8.42. The quantitative estimate of drug-likeness (QED) is 0.873. The Labute approximate surface area is 111 Å². The molecule has 0 unspecified atom stereocenters. The molecule has 2 rings (SSSR count). The van der Waals surface area contributed by atoms with Gasteiger partial charge >= 0.3 is 6.03 Å². The fourth-order valence-electron chi connectivity index (χ4n) is 2.01. The van der Waals surface area contributed by atoms with Crippen molar-refractivity contribution >= 4 is 27.5 Å². The molecule has 0 radical (unpaired) electrons. The standard InChI is InChI=1S/C14H18N2OS/c1-3-15-14(17)16-10(2)8-11-9-18-13-7-5-4-6-12(11)13/h4-7,9-10H,3,8H2,1-2H3,(H2,15,16,17)/t10-/m0/s1. The van der Waals surface area contributed by atoms with Crippen molar-refractivity contribution in [1.29, 1.82) is 0 Å². The second-order valence-corrected chi connectivity index (χ2v) is 5.28. The number of rotatable bonds is 4. The van der Waals surface area contributed by atoms with E-state index in [0.717, 1.165) is 6.42 Å². The molecule has 0 aliphatic rings. The lowest BCUT2D eigenvalue weighted by Gasteiger charge is -2.13. The Bertz CT molecular complexity index is 535. The predicted octanol–water partition coefficient (Wildman–Crippen LogP) is 3.15. The van der Waals surface area contributed by atoms with E-state index in [1.165, 1.54) is 15.6 Å². The number of fused-ring (bicyclic) bond motifs is 1. The van der Waals surface area contributed by atoms with Crippen LogP contribution in [-0.2, 0) is 6.42 Å². The molecule has 96 valence electrons. The first-order valence-corrected chi connectivity index (χ1v) is 7.08. The Morgan fingerprint density at radius 1 is 1.39 bits per heavy atom. The summed E-state index contributed by atoms with van der Waals surface area (Å²) >= 11 is 1.76. The van der Waals surface area contributed by atoms with Crippen LogP contribution in [0.2, 0.25) is 0 Å². The van der Waals surface area contributed by atoms with Gasteiger partial charge in [0.15, 0.2) is 0 Å². The summed E-state index contributed by atoms with van der Waals surface area (Å²) in [6.45, 7) is 4.60. The van der Waals surface area contributed by atoms with E-state index < -0.39 is 0 Å². The smallest absolute Gasteiger partial charge is 0.314 e. The zero-order chi connectivity index (χ0) is 13.0. The van der Waals surface area contributed by atoms with Crippen LogP contribution in [0, 0.1) is 0 Å². The zero-order valence-corrected chi connectivity index (χ0v) is 11.5. The number of thiophene rings is 1. The van der Waals surface area contributed by atoms with Gasteiger partial charge in [-0.3, -0.25) is 0 Å². The van der Waals surface area contributed by atoms with E-state index >= 15 is 0 Å². The molecular formula is C14H18N2OS. The first-order chi connectivity index (χ1) is 8.70. The third-order valence-corrected chi connectivity index (χ3v) is 3.81. The van der Waals surface area contributed by atoms with Crippen molar-refractivity contribution in [1.82, 2.24) is 10.6 Å². The van der Waals surface area contributed by atoms with Crippen molar-refractivity contribution in [3.05, 3.63) is 35.2 Å². The highest BCUT2D eigenvalue weighted by Crippen LogP contribution is 2.26. The summed E-state index contributed by atoms with van der Waals surface area (Å²) in [6.07, 6.45) is 0.862. The second kappa shape index (κ2) is 5.87. The van der Waals surface area contributed by atoms with Crippen molar-refractivity contribution < 1.29 is 4.79 Å². The molecule has 1 heterocycles. The number of carbonyl (C=O) groups is 1. The van der Waals surface area contributed by atoms with Crippen LogP contribution in [0.1, 0.15) is 19.4 Å². The SMILES string of the molecule is CCNC(=O)N[C@@H](C)Cc1csc2ccccc12. The number of urea groups is 1. The molecule has 2 N–H and O–H groups in total. The van der Waals surface area contributed by atoms with Gasteiger partial charge in [0.2, 0.25) is 0 Å². The van der Waals surface area contributed by atoms with Crippen LogP contribution < -0.4 is 10.6 Å². The van der Waals surface area contributed by atoms with Crippen LogP contribution in [0.25, 0.3) is 10.1 Å². The third kappa shape index (κ3) is 3.01. The third-order valence-electron chi connectivity index (χ3n) is 2.80. The predicted molar refractivity (Wildman–Crippen MR) is 77.2 cm³/mol. The molecule has 2 amide bonds. The van der Waals surface area contributed by atoms with Gasteiger partial charge in [0.25, 0.3) is 0 Å². The van der Waals surface area contributed by atoms with Gasteiger partial charge in [0, 0.05) is 17.3 Å². The molecule has 0 spiro atoms. The summed E-state index contributed by atoms with van der Waals surface area (Å²) in [7, 11) is 0. The highest BCUT2D eigenvalue weighted by molar-refractivity contribution is 7.17. The monoisotopic (exact) mass is 262 g/mol. The van der Waals surface area contributed by atoms with Gasteiger partial charge in [-0.05, 0) is 42.7 Å². The molecule has 0 saturated heterocycles. The summed E-state index contributed by atoms with van der Waals surface area (Å²) in [5.41, 5.74) is 1.31. The Morgan fingerprint density at radius 2 is 2.17 bits per heavy atom. The Morgan fingerprint density at radius 3 is 2.94 bits per heavy atom. The number of amides is 2. The van der Waals surface area contributed by atoms with E-state index in [1.807, 2.05) is 13.8 Å². The number of carbonyl (C=O) groups excluding carboxylic acids is 1. The minimum atomic E-state index is -0.0930. The fraction of sp³-hybridized carbons (Fsp3) is 0.357. The van der Waals surface area contributed by atoms with Crippen LogP contribution >= 0.6 is 11.3 Å². The molecule has 0 fully saturated rings. The first-order valence-electron chi connectivity index (χ1n) is 6.20. The molecule has 2 aromatic rings. The van der Waals surface area contributed by atoms with Crippen molar-refractivity contribution in [3.8, 4) is 0 Å². The van der Waals surface area contributed by atoms with E-state index in [1.54, 1.807) is 11.3 Å². The lowest BCUT2D eigenvalue weighted by molar-refractivity contribution is 0.238. The lowest BCUT2D eigenvalue weighted by Crippen LogP contribution is -2.41. The molecule has 0 saturated carbocycles. The molecule has 0 aliphatic carbocycles. The van der Waals surface area contributed by atoms with Crippen LogP contribution in [-0.4, -0.2) is 18.6 Å². The van der Waals surface area contributed by atoms with Gasteiger partial charge in [-0.2, -0.15) is 0 Å². The molecule has 3 nitrogen and oxygen atoms in total. The average molecular weight is 262 g/mol. The minimum absolute atomic E-state index is 0.0930. The maximum absolute atomic E-state index is 11.4. The Balaban J connectivity index is 2.03. The van der Waals surface area contributed by atoms with Crippen LogP contribution in [0.15, 0.2) is 29.6 Å². The van der Waals surface area contributed by atoms with E-state index in [0.29, 0.717) is 6.54 Å². The van der Waals surface area contributed by atoms with Crippen molar-refractivity contribution in [2.45, 2.75) is 26.3 Å². The van der Waals surface area contributed by atoms with Gasteiger partial charge in [-0.25, -0.2) is 4.79 Å². The molecule has 0 bridgehead atoms. The van der Waals surface area contributed by atoms with Crippen molar-refractivity contribution in [2.75, 3.05) is 6.54 Å². The topological polar surface area (TPSA) is 41.1 Å². The molecule has 1 aromatic carbocycles. The van der Waals surface area contributed by atoms with Gasteiger partial charge in [-0.1, -0.05) is 18.2 Å². The highest BCUT2D eigenvalue weighted by Gasteiger charge is 2.10. The molecular weight excluding hydrogens is 244 g/mol. The van der Waals surface area contributed by atoms with Crippen LogP contribution in [0.3, 0.4) is 0 Å². The largest absolute Gasteiger partial charge is 0.338 e. The van der Waals surface area contributed by atoms with E-state index in [2.05, 4.69) is 40.3 Å². The lowest BCUT2D eigenvalue weighted by atomic mass is 10.1. The second-order valence-electron chi connectivity index (χ2n) is 4.37. The zero-order valence-electron chi connectivity index (χ0n) is 10.7. The Kier molecular flexibility index (Phi) is 4.20. The van der Waals surface area contributed by atoms with Gasteiger partial charge < -0.3 is 10.6 Å². The Hall–Kier alpha value is -1.55. The van der Waals surface area contributed by atoms with Crippen molar-refractivity contribution in [2.24, 2.45) is 0 Å². The highest BCUT2D eigenvalue weighted by atomic mass is 32.1.